The topological polar surface area (TPSA) is 48.3 Å². The first-order chi connectivity index (χ1) is 11.2. The normalized spacial score (nSPS) is 20.8. The molecule has 2 atom stereocenters. The molecule has 0 radical (unpaired) electrons. The van der Waals surface area contributed by atoms with Crippen LogP contribution >= 0.6 is 0 Å². The zero-order valence-electron chi connectivity index (χ0n) is 14.1. The lowest BCUT2D eigenvalue weighted by molar-refractivity contribution is 0.0904. The van der Waals surface area contributed by atoms with Gasteiger partial charge in [-0.1, -0.05) is 30.3 Å². The van der Waals surface area contributed by atoms with Crippen LogP contribution < -0.4 is 10.1 Å². The average Bonchev–Trinajstić information content (AvgIpc) is 3.13. The van der Waals surface area contributed by atoms with Gasteiger partial charge >= 0.3 is 0 Å². The maximum absolute atomic E-state index is 5.95. The van der Waals surface area contributed by atoms with Gasteiger partial charge < -0.3 is 14.8 Å². The van der Waals surface area contributed by atoms with E-state index in [9.17, 15) is 0 Å². The fourth-order valence-corrected chi connectivity index (χ4v) is 3.38. The van der Waals surface area contributed by atoms with E-state index in [4.69, 9.17) is 9.47 Å². The van der Waals surface area contributed by atoms with Gasteiger partial charge in [0.25, 0.3) is 0 Å². The molecule has 2 heterocycles. The van der Waals surface area contributed by atoms with E-state index in [1.165, 1.54) is 5.56 Å². The number of hydrogen-bond acceptors (Lipinski definition) is 4. The molecule has 1 aromatic carbocycles. The summed E-state index contributed by atoms with van der Waals surface area (Å²) in [4.78, 5) is 0. The van der Waals surface area contributed by atoms with E-state index in [2.05, 4.69) is 34.7 Å². The van der Waals surface area contributed by atoms with Gasteiger partial charge in [-0.2, -0.15) is 5.10 Å². The summed E-state index contributed by atoms with van der Waals surface area (Å²) >= 11 is 0. The first kappa shape index (κ1) is 16.0. The molecule has 3 rings (SSSR count). The summed E-state index contributed by atoms with van der Waals surface area (Å²) in [6, 6.07) is 10.5. The molecule has 1 N–H and O–H groups in total. The van der Waals surface area contributed by atoms with Crippen molar-refractivity contribution in [3.63, 3.8) is 0 Å². The fraction of sp³-hybridized carbons (Fsp3) is 0.500. The number of hydrogen-bond donors (Lipinski definition) is 1. The van der Waals surface area contributed by atoms with Crippen LogP contribution in [-0.4, -0.2) is 30.0 Å². The molecular formula is C18H25N3O2. The summed E-state index contributed by atoms with van der Waals surface area (Å²) in [5, 5.41) is 7.98. The van der Waals surface area contributed by atoms with E-state index in [-0.39, 0.29) is 6.10 Å². The van der Waals surface area contributed by atoms with Crippen molar-refractivity contribution in [3.8, 4) is 5.88 Å². The molecular weight excluding hydrogens is 290 g/mol. The molecule has 1 aliphatic rings. The molecule has 1 aliphatic heterocycles. The van der Waals surface area contributed by atoms with Gasteiger partial charge in [-0.3, -0.25) is 0 Å². The third-order valence-electron chi connectivity index (χ3n) is 4.53. The molecule has 5 heteroatoms. The molecule has 0 bridgehead atoms. The lowest BCUT2D eigenvalue weighted by atomic mass is 9.95. The highest BCUT2D eigenvalue weighted by Crippen LogP contribution is 2.34. The van der Waals surface area contributed by atoms with Crippen LogP contribution in [0, 0.1) is 12.8 Å². The summed E-state index contributed by atoms with van der Waals surface area (Å²) in [5.74, 6) is 1.33. The number of nitrogens with zero attached hydrogens (tertiary/aromatic N) is 2. The van der Waals surface area contributed by atoms with Crippen LogP contribution in [0.4, 0.5) is 0 Å². The summed E-state index contributed by atoms with van der Waals surface area (Å²) in [7, 11) is 3.60. The fourth-order valence-electron chi connectivity index (χ4n) is 3.38. The predicted molar refractivity (Wildman–Crippen MR) is 89.4 cm³/mol. The second kappa shape index (κ2) is 7.15. The van der Waals surface area contributed by atoms with Crippen LogP contribution in [0.1, 0.15) is 29.3 Å². The zero-order chi connectivity index (χ0) is 16.2. The number of benzene rings is 1. The lowest BCUT2D eigenvalue weighted by Crippen LogP contribution is -2.25. The Morgan fingerprint density at radius 1 is 1.35 bits per heavy atom. The van der Waals surface area contributed by atoms with Crippen molar-refractivity contribution < 1.29 is 9.47 Å². The minimum absolute atomic E-state index is 0.195. The Morgan fingerprint density at radius 3 is 2.87 bits per heavy atom. The van der Waals surface area contributed by atoms with Crippen molar-refractivity contribution in [2.45, 2.75) is 26.0 Å². The largest absolute Gasteiger partial charge is 0.481 e. The van der Waals surface area contributed by atoms with Crippen LogP contribution in [0.3, 0.4) is 0 Å². The van der Waals surface area contributed by atoms with E-state index < -0.39 is 0 Å². The summed E-state index contributed by atoms with van der Waals surface area (Å²) in [6.45, 7) is 4.55. The van der Waals surface area contributed by atoms with Crippen LogP contribution in [0.25, 0.3) is 0 Å². The summed E-state index contributed by atoms with van der Waals surface area (Å²) in [6.07, 6.45) is 1.29. The number of aromatic nitrogens is 2. The standard InChI is InChI=1S/C18H25N3O2/c1-13-16(18(22-3)21(2)20-13)12-19-11-15-9-10-23-17(15)14-7-5-4-6-8-14/h4-8,15,17,19H,9-12H2,1-3H3/t15-,17-/m1/s1. The maximum Gasteiger partial charge on any atom is 0.216 e. The van der Waals surface area contributed by atoms with Gasteiger partial charge in [0.05, 0.1) is 24.5 Å². The Balaban J connectivity index is 1.60. The second-order valence-electron chi connectivity index (χ2n) is 6.08. The second-order valence-corrected chi connectivity index (χ2v) is 6.08. The summed E-state index contributed by atoms with van der Waals surface area (Å²) in [5.41, 5.74) is 3.41. The van der Waals surface area contributed by atoms with E-state index >= 15 is 0 Å². The first-order valence-corrected chi connectivity index (χ1v) is 8.14. The third kappa shape index (κ3) is 3.41. The quantitative estimate of drug-likeness (QED) is 0.890. The number of methoxy groups -OCH3 is 1. The number of ether oxygens (including phenoxy) is 2. The molecule has 1 saturated heterocycles. The maximum atomic E-state index is 5.95. The smallest absolute Gasteiger partial charge is 0.216 e. The Bertz CT molecular complexity index is 639. The number of aryl methyl sites for hydroxylation is 2. The van der Waals surface area contributed by atoms with Gasteiger partial charge in [0.15, 0.2) is 0 Å². The van der Waals surface area contributed by atoms with Gasteiger partial charge in [-0.25, -0.2) is 4.68 Å². The Kier molecular flexibility index (Phi) is 4.98. The van der Waals surface area contributed by atoms with Crippen LogP contribution in [0.2, 0.25) is 0 Å². The van der Waals surface area contributed by atoms with Gasteiger partial charge in [-0.05, 0) is 18.9 Å². The summed E-state index contributed by atoms with van der Waals surface area (Å²) < 4.78 is 13.2. The van der Waals surface area contributed by atoms with Crippen molar-refractivity contribution in [1.82, 2.24) is 15.1 Å². The monoisotopic (exact) mass is 315 g/mol. The van der Waals surface area contributed by atoms with Gasteiger partial charge in [0.2, 0.25) is 5.88 Å². The van der Waals surface area contributed by atoms with Gasteiger partial charge in [0.1, 0.15) is 0 Å². The lowest BCUT2D eigenvalue weighted by Gasteiger charge is -2.19. The molecule has 5 nitrogen and oxygen atoms in total. The highest BCUT2D eigenvalue weighted by atomic mass is 16.5. The molecule has 0 amide bonds. The minimum Gasteiger partial charge on any atom is -0.481 e. The van der Waals surface area contributed by atoms with Gasteiger partial charge in [0, 0.05) is 32.7 Å². The van der Waals surface area contributed by atoms with Crippen LogP contribution in [0.15, 0.2) is 30.3 Å². The average molecular weight is 315 g/mol. The number of nitrogens with one attached hydrogen (secondary N) is 1. The SMILES string of the molecule is COc1c(CNC[C@H]2CCO[C@@H]2c2ccccc2)c(C)nn1C. The molecule has 23 heavy (non-hydrogen) atoms. The Morgan fingerprint density at radius 2 is 2.13 bits per heavy atom. The zero-order valence-corrected chi connectivity index (χ0v) is 14.1. The molecule has 0 unspecified atom stereocenters. The van der Waals surface area contributed by atoms with E-state index in [0.717, 1.165) is 43.3 Å². The van der Waals surface area contributed by atoms with Gasteiger partial charge in [-0.15, -0.1) is 0 Å². The van der Waals surface area contributed by atoms with Crippen molar-refractivity contribution in [2.24, 2.45) is 13.0 Å². The Hall–Kier alpha value is -1.85. The molecule has 0 saturated carbocycles. The molecule has 1 fully saturated rings. The Labute approximate surface area is 137 Å². The first-order valence-electron chi connectivity index (χ1n) is 8.14. The highest BCUT2D eigenvalue weighted by molar-refractivity contribution is 5.30. The number of rotatable bonds is 6. The van der Waals surface area contributed by atoms with Crippen molar-refractivity contribution >= 4 is 0 Å². The van der Waals surface area contributed by atoms with E-state index in [1.54, 1.807) is 11.8 Å². The molecule has 2 aromatic rings. The predicted octanol–water partition coefficient (Wildman–Crippen LogP) is 2.60. The van der Waals surface area contributed by atoms with E-state index in [1.807, 2.05) is 20.0 Å². The van der Waals surface area contributed by atoms with Crippen molar-refractivity contribution in [2.75, 3.05) is 20.3 Å². The molecule has 1 aromatic heterocycles. The van der Waals surface area contributed by atoms with E-state index in [0.29, 0.717) is 5.92 Å². The molecule has 0 aliphatic carbocycles. The van der Waals surface area contributed by atoms with Crippen LogP contribution in [0.5, 0.6) is 5.88 Å². The van der Waals surface area contributed by atoms with Crippen molar-refractivity contribution in [3.05, 3.63) is 47.2 Å². The molecule has 124 valence electrons. The highest BCUT2D eigenvalue weighted by Gasteiger charge is 2.29. The van der Waals surface area contributed by atoms with Crippen LogP contribution in [-0.2, 0) is 18.3 Å². The minimum atomic E-state index is 0.195. The molecule has 0 spiro atoms. The van der Waals surface area contributed by atoms with Crippen molar-refractivity contribution in [1.29, 1.82) is 0 Å². The third-order valence-corrected chi connectivity index (χ3v) is 4.53.